The zero-order valence-corrected chi connectivity index (χ0v) is 18.1. The van der Waals surface area contributed by atoms with Crippen LogP contribution >= 0.6 is 11.6 Å². The number of halogens is 1. The van der Waals surface area contributed by atoms with Crippen LogP contribution in [0.15, 0.2) is 82.6 Å². The van der Waals surface area contributed by atoms with Crippen molar-refractivity contribution in [3.05, 3.63) is 99.4 Å². The van der Waals surface area contributed by atoms with Crippen LogP contribution in [0.5, 0.6) is 0 Å². The van der Waals surface area contributed by atoms with Gasteiger partial charge in [0.25, 0.3) is 0 Å². The molecular formula is C25H26ClN3. The molecule has 0 spiro atoms. The number of aliphatic imine (C=N–C) groups is 1. The molecule has 0 unspecified atom stereocenters. The number of imidazole rings is 1. The fraction of sp³-hybridized carbons (Fsp3) is 0.200. The molecule has 3 nitrogen and oxygen atoms in total. The topological polar surface area (TPSA) is 30.2 Å². The third-order valence-corrected chi connectivity index (χ3v) is 5.33. The summed E-state index contributed by atoms with van der Waals surface area (Å²) < 4.78 is 1.98. The van der Waals surface area contributed by atoms with E-state index < -0.39 is 0 Å². The van der Waals surface area contributed by atoms with E-state index in [0.29, 0.717) is 0 Å². The van der Waals surface area contributed by atoms with Gasteiger partial charge in [0.15, 0.2) is 0 Å². The first kappa shape index (κ1) is 20.8. The maximum absolute atomic E-state index is 6.51. The molecule has 0 saturated carbocycles. The molecule has 3 aromatic rings. The van der Waals surface area contributed by atoms with Gasteiger partial charge < -0.3 is 4.57 Å². The SMILES string of the molecule is CC/C(C)=C(Cl)/C=c1\c(=C(/C)N=C(c2ccccc2)c2ccccc2)ncn1C. The zero-order valence-electron chi connectivity index (χ0n) is 17.4. The van der Waals surface area contributed by atoms with Gasteiger partial charge in [0, 0.05) is 23.2 Å². The van der Waals surface area contributed by atoms with E-state index in [-0.39, 0.29) is 0 Å². The first-order valence-corrected chi connectivity index (χ1v) is 10.1. The summed E-state index contributed by atoms with van der Waals surface area (Å²) >= 11 is 6.51. The quantitative estimate of drug-likeness (QED) is 0.563. The normalized spacial score (nSPS) is 13.8. The molecule has 0 bridgehead atoms. The molecule has 2 aromatic carbocycles. The highest BCUT2D eigenvalue weighted by Crippen LogP contribution is 2.14. The molecule has 0 radical (unpaired) electrons. The fourth-order valence-corrected chi connectivity index (χ4v) is 3.25. The van der Waals surface area contributed by atoms with Gasteiger partial charge in [-0.2, -0.15) is 0 Å². The first-order valence-electron chi connectivity index (χ1n) is 9.76. The smallest absolute Gasteiger partial charge is 0.110 e. The van der Waals surface area contributed by atoms with Crippen molar-refractivity contribution in [1.29, 1.82) is 0 Å². The number of rotatable bonds is 5. The van der Waals surface area contributed by atoms with Crippen molar-refractivity contribution in [1.82, 2.24) is 9.55 Å². The van der Waals surface area contributed by atoms with E-state index in [4.69, 9.17) is 16.6 Å². The second-order valence-electron chi connectivity index (χ2n) is 6.99. The number of benzene rings is 2. The van der Waals surface area contributed by atoms with Gasteiger partial charge in [-0.3, -0.25) is 4.99 Å². The largest absolute Gasteiger partial charge is 0.334 e. The van der Waals surface area contributed by atoms with E-state index in [1.165, 1.54) is 0 Å². The van der Waals surface area contributed by atoms with Crippen LogP contribution in [0.25, 0.3) is 11.8 Å². The number of hydrogen-bond donors (Lipinski definition) is 0. The standard InChI is InChI=1S/C25H26ClN3/c1-5-18(2)22(26)16-23-24(27-17-29(23)4)19(3)28-25(20-12-8-6-9-13-20)21-14-10-7-11-15-21/h6-17H,5H2,1-4H3/b22-18-,23-16+,24-19-. The molecule has 29 heavy (non-hydrogen) atoms. The van der Waals surface area contributed by atoms with E-state index in [1.807, 2.05) is 67.9 Å². The van der Waals surface area contributed by atoms with Crippen molar-refractivity contribution in [2.75, 3.05) is 0 Å². The average molecular weight is 404 g/mol. The molecule has 1 heterocycles. The van der Waals surface area contributed by atoms with Gasteiger partial charge in [-0.15, -0.1) is 0 Å². The predicted molar refractivity (Wildman–Crippen MR) is 123 cm³/mol. The Kier molecular flexibility index (Phi) is 6.84. The van der Waals surface area contributed by atoms with Crippen LogP contribution in [-0.2, 0) is 7.05 Å². The lowest BCUT2D eigenvalue weighted by Crippen LogP contribution is -2.30. The second kappa shape index (κ2) is 9.53. The lowest BCUT2D eigenvalue weighted by molar-refractivity contribution is 0.880. The lowest BCUT2D eigenvalue weighted by Gasteiger charge is -2.07. The van der Waals surface area contributed by atoms with Crippen LogP contribution in [0, 0.1) is 0 Å². The van der Waals surface area contributed by atoms with E-state index in [0.717, 1.165) is 50.3 Å². The molecule has 0 aliphatic carbocycles. The first-order chi connectivity index (χ1) is 14.0. The molecule has 0 fully saturated rings. The number of aromatic nitrogens is 2. The van der Waals surface area contributed by atoms with Gasteiger partial charge in [0.05, 0.1) is 23.1 Å². The molecular weight excluding hydrogens is 378 g/mol. The van der Waals surface area contributed by atoms with Gasteiger partial charge in [-0.25, -0.2) is 4.98 Å². The van der Waals surface area contributed by atoms with Crippen LogP contribution in [0.3, 0.4) is 0 Å². The number of nitrogens with zero attached hydrogens (tertiary/aromatic N) is 3. The summed E-state index contributed by atoms with van der Waals surface area (Å²) in [6.45, 7) is 6.14. The molecule has 4 heteroatoms. The third-order valence-electron chi connectivity index (χ3n) is 4.90. The Balaban J connectivity index is 2.26. The van der Waals surface area contributed by atoms with Gasteiger partial charge in [-0.1, -0.05) is 84.8 Å². The molecule has 0 aliphatic rings. The van der Waals surface area contributed by atoms with E-state index in [9.17, 15) is 0 Å². The summed E-state index contributed by atoms with van der Waals surface area (Å²) in [4.78, 5) is 9.61. The Hall–Kier alpha value is -2.91. The minimum absolute atomic E-state index is 0.750. The minimum Gasteiger partial charge on any atom is -0.334 e. The van der Waals surface area contributed by atoms with Crippen molar-refractivity contribution < 1.29 is 0 Å². The van der Waals surface area contributed by atoms with Crippen LogP contribution in [-0.4, -0.2) is 15.3 Å². The van der Waals surface area contributed by atoms with Crippen LogP contribution in [0.2, 0.25) is 0 Å². The highest BCUT2D eigenvalue weighted by molar-refractivity contribution is 6.34. The monoisotopic (exact) mass is 403 g/mol. The molecule has 0 N–H and O–H groups in total. The van der Waals surface area contributed by atoms with Crippen molar-refractivity contribution in [3.8, 4) is 0 Å². The van der Waals surface area contributed by atoms with Gasteiger partial charge in [-0.05, 0) is 26.3 Å². The maximum Gasteiger partial charge on any atom is 0.110 e. The Bertz CT molecular complexity index is 1110. The molecule has 0 atom stereocenters. The maximum atomic E-state index is 6.51. The summed E-state index contributed by atoms with van der Waals surface area (Å²) in [5.74, 6) is 0. The molecule has 0 saturated heterocycles. The Morgan fingerprint density at radius 3 is 2.07 bits per heavy atom. The molecule has 0 aliphatic heterocycles. The summed E-state index contributed by atoms with van der Waals surface area (Å²) in [6, 6.07) is 20.5. The Morgan fingerprint density at radius 2 is 1.55 bits per heavy atom. The van der Waals surface area contributed by atoms with Crippen LogP contribution < -0.4 is 10.7 Å². The highest BCUT2D eigenvalue weighted by atomic mass is 35.5. The Morgan fingerprint density at radius 1 is 1.00 bits per heavy atom. The van der Waals surface area contributed by atoms with Crippen LogP contribution in [0.1, 0.15) is 38.3 Å². The van der Waals surface area contributed by atoms with Crippen molar-refractivity contribution in [3.63, 3.8) is 0 Å². The van der Waals surface area contributed by atoms with Crippen molar-refractivity contribution in [2.24, 2.45) is 12.0 Å². The summed E-state index contributed by atoms with van der Waals surface area (Å²) in [5.41, 5.74) is 5.05. The van der Waals surface area contributed by atoms with Crippen LogP contribution in [0.4, 0.5) is 0 Å². The van der Waals surface area contributed by atoms with Crippen molar-refractivity contribution in [2.45, 2.75) is 27.2 Å². The Labute approximate surface area is 177 Å². The minimum atomic E-state index is 0.750. The average Bonchev–Trinajstić information content (AvgIpc) is 3.12. The predicted octanol–water partition coefficient (Wildman–Crippen LogP) is 4.79. The third kappa shape index (κ3) is 4.93. The molecule has 0 amide bonds. The van der Waals surface area contributed by atoms with Gasteiger partial charge in [0.1, 0.15) is 5.35 Å². The van der Waals surface area contributed by atoms with Crippen molar-refractivity contribution >= 4 is 29.1 Å². The summed E-state index contributed by atoms with van der Waals surface area (Å²) in [6.07, 6.45) is 4.69. The second-order valence-corrected chi connectivity index (χ2v) is 7.40. The lowest BCUT2D eigenvalue weighted by atomic mass is 10.0. The summed E-state index contributed by atoms with van der Waals surface area (Å²) in [7, 11) is 1.97. The number of aryl methyl sites for hydroxylation is 1. The number of allylic oxidation sites excluding steroid dienone is 2. The van der Waals surface area contributed by atoms with E-state index >= 15 is 0 Å². The molecule has 148 valence electrons. The molecule has 3 rings (SSSR count). The highest BCUT2D eigenvalue weighted by Gasteiger charge is 2.08. The van der Waals surface area contributed by atoms with Gasteiger partial charge >= 0.3 is 0 Å². The van der Waals surface area contributed by atoms with E-state index in [2.05, 4.69) is 36.2 Å². The fourth-order valence-electron chi connectivity index (χ4n) is 3.01. The van der Waals surface area contributed by atoms with Gasteiger partial charge in [0.2, 0.25) is 0 Å². The molecule has 1 aromatic heterocycles. The zero-order chi connectivity index (χ0) is 20.8. The summed E-state index contributed by atoms with van der Waals surface area (Å²) in [5, 5.41) is 2.53. The number of hydrogen-bond acceptors (Lipinski definition) is 2. The van der Waals surface area contributed by atoms with E-state index in [1.54, 1.807) is 6.33 Å².